The number of aliphatic carboxylic acids is 1. The van der Waals surface area contributed by atoms with Gasteiger partial charge in [-0.1, -0.05) is 110 Å². The number of carbonyl (C=O) groups is 2. The van der Waals surface area contributed by atoms with E-state index in [0.717, 1.165) is 49.2 Å². The molecule has 0 unspecified atom stereocenters. The molecule has 0 aliphatic carbocycles. The first-order valence-electron chi connectivity index (χ1n) is 17.9. The number of ether oxygens (including phenoxy) is 2. The maximum absolute atomic E-state index is 12.5. The van der Waals surface area contributed by atoms with E-state index in [4.69, 9.17) is 65.6 Å². The molecule has 3 heterocycles. The van der Waals surface area contributed by atoms with Crippen molar-refractivity contribution >= 4 is 65.4 Å². The molecule has 0 radical (unpaired) electrons. The van der Waals surface area contributed by atoms with E-state index < -0.39 is 26.4 Å². The van der Waals surface area contributed by atoms with Crippen LogP contribution in [0.1, 0.15) is 64.1 Å². The van der Waals surface area contributed by atoms with Crippen LogP contribution < -0.4 is 20.5 Å². The first-order valence-corrected chi connectivity index (χ1v) is 21.8. The number of unbranched alkanes of at least 4 members (excludes halogenated alkanes) is 5. The van der Waals surface area contributed by atoms with Crippen molar-refractivity contribution in [2.75, 3.05) is 25.2 Å². The number of carboxylic acid groups (broad SMARTS) is 1. The number of rotatable bonds is 16. The summed E-state index contributed by atoms with van der Waals surface area (Å²) in [6.07, 6.45) is 14.6. The van der Waals surface area contributed by atoms with Gasteiger partial charge in [0, 0.05) is 36.4 Å². The number of terminal acetylenes is 1. The van der Waals surface area contributed by atoms with Crippen molar-refractivity contribution in [2.24, 2.45) is 0 Å². The molecule has 0 spiro atoms. The Kier molecular flexibility index (Phi) is 20.6. The van der Waals surface area contributed by atoms with Gasteiger partial charge in [0.2, 0.25) is 0 Å². The van der Waals surface area contributed by atoms with E-state index in [1.165, 1.54) is 54.3 Å². The lowest BCUT2D eigenvalue weighted by Gasteiger charge is -2.09. The summed E-state index contributed by atoms with van der Waals surface area (Å²) in [5.41, 5.74) is 1.57. The Morgan fingerprint density at radius 1 is 1.00 bits per heavy atom. The minimum absolute atomic E-state index is 0.0788. The van der Waals surface area contributed by atoms with Crippen LogP contribution in [0.3, 0.4) is 0 Å². The Hall–Kier alpha value is -3.91. The van der Waals surface area contributed by atoms with Crippen molar-refractivity contribution in [3.05, 3.63) is 80.0 Å². The van der Waals surface area contributed by atoms with E-state index in [0.29, 0.717) is 39.5 Å². The third kappa shape index (κ3) is 16.8. The molecule has 1 aliphatic rings. The molecule has 4 N–H and O–H groups in total. The largest absolute Gasteiger partial charge is 0.480 e. The number of fused-ring (bicyclic) bond motifs is 1. The first-order chi connectivity index (χ1) is 27.2. The second kappa shape index (κ2) is 24.8. The van der Waals surface area contributed by atoms with Crippen LogP contribution in [0.25, 0.3) is 16.9 Å². The molecule has 15 nitrogen and oxygen atoms in total. The molecule has 0 saturated carbocycles. The molecule has 0 saturated heterocycles. The standard InChI is InChI=1S/C19H23ClN2O2S.C15H13Cl2N3O2.C3H8NO5P/c1-2-3-4-5-6-10-13-25-19(23)24-16-14-17(20)21-22-18(16)15-11-8-7-9-12-15;1-2-7-22-13-9-12(10(16)8-11(13)17)20-15(21)19-6-4-3-5-14(19)18-20;5-3(6)1-4-2-10(7,8)9/h7-9,11-12,14H,2-6,10,13H2,1H3;1,8-9H,3-7H2;4H,1-2H2,(H,5,6)(H2,7,8,9). The Labute approximate surface area is 349 Å². The molecule has 5 rings (SSSR count). The highest BCUT2D eigenvalue weighted by molar-refractivity contribution is 8.13. The van der Waals surface area contributed by atoms with Crippen LogP contribution >= 0.6 is 54.2 Å². The van der Waals surface area contributed by atoms with Gasteiger partial charge in [-0.2, -0.15) is 4.68 Å². The molecule has 0 amide bonds. The molecule has 2 aromatic carbocycles. The topological polar surface area (TPSA) is 208 Å². The van der Waals surface area contributed by atoms with E-state index in [-0.39, 0.29) is 22.8 Å². The number of aromatic nitrogens is 5. The third-order valence-corrected chi connectivity index (χ3v) is 10.0. The summed E-state index contributed by atoms with van der Waals surface area (Å²) >= 11 is 19.4. The molecule has 0 bridgehead atoms. The summed E-state index contributed by atoms with van der Waals surface area (Å²) in [7, 11) is -4.10. The average molecular weight is 886 g/mol. The number of carboxylic acids is 1. The van der Waals surface area contributed by atoms with Crippen LogP contribution in [-0.4, -0.2) is 75.9 Å². The number of thioether (sulfide) groups is 1. The van der Waals surface area contributed by atoms with Crippen LogP contribution in [-0.2, 0) is 22.3 Å². The quantitative estimate of drug-likeness (QED) is 0.0366. The normalized spacial score (nSPS) is 11.9. The smallest absolute Gasteiger partial charge is 0.372 e. The minimum atomic E-state index is -4.10. The van der Waals surface area contributed by atoms with Crippen molar-refractivity contribution in [1.29, 1.82) is 0 Å². The average Bonchev–Trinajstić information content (AvgIpc) is 3.50. The third-order valence-electron chi connectivity index (χ3n) is 7.79. The molecule has 308 valence electrons. The second-order valence-corrected chi connectivity index (χ2v) is 16.2. The maximum Gasteiger partial charge on any atom is 0.372 e. The lowest BCUT2D eigenvalue weighted by Crippen LogP contribution is -2.26. The number of nitrogens with zero attached hydrogens (tertiary/aromatic N) is 5. The van der Waals surface area contributed by atoms with Gasteiger partial charge >= 0.3 is 24.6 Å². The van der Waals surface area contributed by atoms with E-state index in [9.17, 15) is 18.9 Å². The minimum Gasteiger partial charge on any atom is -0.480 e. The number of benzene rings is 2. The number of halogens is 3. The first kappa shape index (κ1) is 47.5. The van der Waals surface area contributed by atoms with Crippen LogP contribution in [0.15, 0.2) is 53.3 Å². The van der Waals surface area contributed by atoms with Crippen molar-refractivity contribution in [3.8, 4) is 40.8 Å². The molecule has 0 fully saturated rings. The van der Waals surface area contributed by atoms with Gasteiger partial charge in [-0.05, 0) is 37.1 Å². The van der Waals surface area contributed by atoms with Gasteiger partial charge < -0.3 is 24.4 Å². The second-order valence-electron chi connectivity index (χ2n) is 12.3. The molecular weight excluding hydrogens is 842 g/mol. The Balaban J connectivity index is 0.000000249. The predicted octanol–water partition coefficient (Wildman–Crippen LogP) is 7.87. The van der Waals surface area contributed by atoms with Gasteiger partial charge in [0.25, 0.3) is 0 Å². The Bertz CT molecular complexity index is 2080. The molecule has 57 heavy (non-hydrogen) atoms. The summed E-state index contributed by atoms with van der Waals surface area (Å²) < 4.78 is 23.9. The number of aryl methyl sites for hydroxylation is 1. The summed E-state index contributed by atoms with van der Waals surface area (Å²) in [6.45, 7) is 2.52. The molecule has 20 heteroatoms. The van der Waals surface area contributed by atoms with Crippen molar-refractivity contribution in [3.63, 3.8) is 0 Å². The maximum atomic E-state index is 12.5. The summed E-state index contributed by atoms with van der Waals surface area (Å²) in [4.78, 5) is 50.7. The van der Waals surface area contributed by atoms with Gasteiger partial charge in [-0.3, -0.25) is 19.2 Å². The molecule has 4 aromatic rings. The Morgan fingerprint density at radius 2 is 1.72 bits per heavy atom. The van der Waals surface area contributed by atoms with Gasteiger partial charge in [-0.15, -0.1) is 21.7 Å². The van der Waals surface area contributed by atoms with Crippen LogP contribution in [0.5, 0.6) is 11.5 Å². The van der Waals surface area contributed by atoms with Gasteiger partial charge in [-0.25, -0.2) is 9.59 Å². The highest BCUT2D eigenvalue weighted by atomic mass is 35.5. The lowest BCUT2D eigenvalue weighted by molar-refractivity contribution is -0.135. The molecular formula is C37H44Cl3N6O9PS. The van der Waals surface area contributed by atoms with Crippen LogP contribution in [0, 0.1) is 12.3 Å². The zero-order valence-corrected chi connectivity index (χ0v) is 35.1. The van der Waals surface area contributed by atoms with Crippen molar-refractivity contribution in [1.82, 2.24) is 29.9 Å². The fraction of sp³-hybridized carbons (Fsp3) is 0.405. The Morgan fingerprint density at radius 3 is 2.39 bits per heavy atom. The van der Waals surface area contributed by atoms with Gasteiger partial charge in [0.1, 0.15) is 23.9 Å². The summed E-state index contributed by atoms with van der Waals surface area (Å²) in [5.74, 6) is 3.47. The van der Waals surface area contributed by atoms with Gasteiger partial charge in [0.15, 0.2) is 10.9 Å². The SMILES string of the molecule is C#CCOc1cc(-n2nc3n(c2=O)CCCC3)c(Cl)cc1Cl.CCCCCCCCSC(=O)Oc1cc(Cl)nnc1-c1ccccc1.O=C(O)CNCP(=O)(O)O. The highest BCUT2D eigenvalue weighted by Crippen LogP contribution is 2.34. The summed E-state index contributed by atoms with van der Waals surface area (Å²) in [5, 5.41) is 22.9. The summed E-state index contributed by atoms with van der Waals surface area (Å²) in [6, 6.07) is 14.1. The van der Waals surface area contributed by atoms with Crippen LogP contribution in [0.4, 0.5) is 4.79 Å². The van der Waals surface area contributed by atoms with Crippen molar-refractivity contribution < 1.29 is 38.5 Å². The molecule has 2 aromatic heterocycles. The molecule has 1 aliphatic heterocycles. The van der Waals surface area contributed by atoms with E-state index in [1.807, 2.05) is 30.3 Å². The van der Waals surface area contributed by atoms with E-state index in [2.05, 4.69) is 33.5 Å². The molecule has 0 atom stereocenters. The lowest BCUT2D eigenvalue weighted by atomic mass is 10.1. The van der Waals surface area contributed by atoms with E-state index >= 15 is 0 Å². The fourth-order valence-electron chi connectivity index (χ4n) is 5.16. The number of nitrogens with one attached hydrogen (secondary N) is 1. The zero-order valence-electron chi connectivity index (χ0n) is 31.1. The van der Waals surface area contributed by atoms with E-state index in [1.54, 1.807) is 10.6 Å². The van der Waals surface area contributed by atoms with Crippen LogP contribution in [0.2, 0.25) is 15.2 Å². The fourth-order valence-corrected chi connectivity index (χ4v) is 6.88. The van der Waals surface area contributed by atoms with Crippen molar-refractivity contribution in [2.45, 2.75) is 71.3 Å². The zero-order chi connectivity index (χ0) is 41.8. The number of hydrogen-bond donors (Lipinski definition) is 4. The number of hydrogen-bond acceptors (Lipinski definition) is 11. The predicted molar refractivity (Wildman–Crippen MR) is 222 cm³/mol. The van der Waals surface area contributed by atoms with Gasteiger partial charge in [0.05, 0.1) is 28.6 Å². The monoisotopic (exact) mass is 884 g/mol. The highest BCUT2D eigenvalue weighted by Gasteiger charge is 2.20. The number of carbonyl (C=O) groups excluding carboxylic acids is 1.